The summed E-state index contributed by atoms with van der Waals surface area (Å²) in [5, 5.41) is 18.2. The summed E-state index contributed by atoms with van der Waals surface area (Å²) in [4.78, 5) is 35.0. The molecule has 1 aromatic heterocycles. The Morgan fingerprint density at radius 3 is 2.59 bits per heavy atom. The van der Waals surface area contributed by atoms with Gasteiger partial charge in [-0.1, -0.05) is 0 Å². The minimum absolute atomic E-state index is 0.0220. The molecule has 2 heterocycles. The third kappa shape index (κ3) is 4.47. The number of hydrogen-bond acceptors (Lipinski definition) is 6. The Hall–Kier alpha value is -2.06. The summed E-state index contributed by atoms with van der Waals surface area (Å²) in [7, 11) is 0. The number of carboxylic acids is 1. The zero-order valence-electron chi connectivity index (χ0n) is 12.3. The highest BCUT2D eigenvalue weighted by Gasteiger charge is 2.29. The molecule has 1 aliphatic heterocycles. The Balaban J connectivity index is 2.05. The van der Waals surface area contributed by atoms with Gasteiger partial charge in [-0.15, -0.1) is 0 Å². The molecular formula is C14H20N4O4. The molecule has 22 heavy (non-hydrogen) atoms. The van der Waals surface area contributed by atoms with Crippen molar-refractivity contribution < 1.29 is 19.8 Å². The molecule has 0 aromatic carbocycles. The molecule has 0 aliphatic carbocycles. The summed E-state index contributed by atoms with van der Waals surface area (Å²) in [5.41, 5.74) is 0. The van der Waals surface area contributed by atoms with Gasteiger partial charge in [0.05, 0.1) is 19.1 Å². The predicted octanol–water partition coefficient (Wildman–Crippen LogP) is -0.796. The second-order valence-electron chi connectivity index (χ2n) is 5.25. The third-order valence-electron chi connectivity index (χ3n) is 3.62. The van der Waals surface area contributed by atoms with Gasteiger partial charge >= 0.3 is 5.97 Å². The molecule has 0 bridgehead atoms. The number of nitrogens with zero attached hydrogens (tertiary/aromatic N) is 4. The molecule has 120 valence electrons. The van der Waals surface area contributed by atoms with Gasteiger partial charge in [-0.2, -0.15) is 0 Å². The van der Waals surface area contributed by atoms with Crippen molar-refractivity contribution >= 4 is 11.9 Å². The van der Waals surface area contributed by atoms with E-state index in [0.717, 1.165) is 0 Å². The Labute approximate surface area is 128 Å². The smallest absolute Gasteiger partial charge is 0.309 e. The fourth-order valence-electron chi connectivity index (χ4n) is 2.47. The molecule has 8 nitrogen and oxygen atoms in total. The highest BCUT2D eigenvalue weighted by molar-refractivity contribution is 5.78. The number of aliphatic hydroxyl groups is 1. The normalized spacial score (nSPS) is 19.7. The number of hydrogen-bond donors (Lipinski definition) is 2. The largest absolute Gasteiger partial charge is 0.481 e. The van der Waals surface area contributed by atoms with E-state index in [4.69, 9.17) is 5.11 Å². The van der Waals surface area contributed by atoms with Gasteiger partial charge in [0.2, 0.25) is 5.91 Å². The molecule has 1 aromatic rings. The van der Waals surface area contributed by atoms with E-state index >= 15 is 0 Å². The minimum Gasteiger partial charge on any atom is -0.481 e. The number of rotatable bonds is 5. The number of carboxylic acid groups (broad SMARTS) is 1. The van der Waals surface area contributed by atoms with Gasteiger partial charge in [0.1, 0.15) is 5.82 Å². The fourth-order valence-corrected chi connectivity index (χ4v) is 2.47. The third-order valence-corrected chi connectivity index (χ3v) is 3.62. The highest BCUT2D eigenvalue weighted by Crippen LogP contribution is 2.13. The molecule has 1 fully saturated rings. The first-order valence-corrected chi connectivity index (χ1v) is 7.20. The molecule has 2 N–H and O–H groups in total. The second-order valence-corrected chi connectivity index (χ2v) is 5.25. The summed E-state index contributed by atoms with van der Waals surface area (Å²) < 4.78 is 0. The maximum absolute atomic E-state index is 11.9. The molecule has 1 amide bonds. The van der Waals surface area contributed by atoms with Crippen LogP contribution in [-0.2, 0) is 16.1 Å². The van der Waals surface area contributed by atoms with Gasteiger partial charge in [-0.3, -0.25) is 14.5 Å². The van der Waals surface area contributed by atoms with Crippen molar-refractivity contribution in [2.45, 2.75) is 13.0 Å². The lowest BCUT2D eigenvalue weighted by atomic mass is 10.1. The van der Waals surface area contributed by atoms with Crippen molar-refractivity contribution in [2.75, 3.05) is 32.8 Å². The van der Waals surface area contributed by atoms with Crippen molar-refractivity contribution in [2.24, 2.45) is 5.92 Å². The Morgan fingerprint density at radius 1 is 1.23 bits per heavy atom. The molecule has 8 heteroatoms. The first kappa shape index (κ1) is 16.3. The fraction of sp³-hybridized carbons (Fsp3) is 0.571. The molecule has 1 aliphatic rings. The van der Waals surface area contributed by atoms with Gasteiger partial charge in [-0.25, -0.2) is 9.97 Å². The van der Waals surface area contributed by atoms with Crippen LogP contribution in [0.5, 0.6) is 0 Å². The lowest BCUT2D eigenvalue weighted by Gasteiger charge is -2.21. The number of aromatic nitrogens is 2. The van der Waals surface area contributed by atoms with E-state index in [0.29, 0.717) is 32.0 Å². The van der Waals surface area contributed by atoms with E-state index in [2.05, 4.69) is 9.97 Å². The standard InChI is InChI=1S/C14H20N4O4/c19-7-2-13(20)18-6-5-17(8-11(9-18)14(21)22)10-12-15-3-1-4-16-12/h1,3-4,11,19H,2,5-10H2,(H,21,22). The van der Waals surface area contributed by atoms with Gasteiger partial charge in [0, 0.05) is 45.0 Å². The first-order valence-electron chi connectivity index (χ1n) is 7.20. The van der Waals surface area contributed by atoms with Crippen LogP contribution in [-0.4, -0.2) is 74.6 Å². The summed E-state index contributed by atoms with van der Waals surface area (Å²) >= 11 is 0. The minimum atomic E-state index is -0.928. The number of aliphatic hydroxyl groups excluding tert-OH is 1. The topological polar surface area (TPSA) is 107 Å². The van der Waals surface area contributed by atoms with E-state index in [-0.39, 0.29) is 25.5 Å². The van der Waals surface area contributed by atoms with Crippen LogP contribution in [0.25, 0.3) is 0 Å². The van der Waals surface area contributed by atoms with Crippen molar-refractivity contribution in [3.8, 4) is 0 Å². The molecule has 0 saturated carbocycles. The lowest BCUT2D eigenvalue weighted by Crippen LogP contribution is -2.38. The summed E-state index contributed by atoms with van der Waals surface area (Å²) in [6.45, 7) is 1.73. The zero-order chi connectivity index (χ0) is 15.9. The van der Waals surface area contributed by atoms with Crippen LogP contribution in [0.3, 0.4) is 0 Å². The van der Waals surface area contributed by atoms with E-state index in [1.807, 2.05) is 4.90 Å². The summed E-state index contributed by atoms with van der Waals surface area (Å²) in [6, 6.07) is 1.72. The number of carbonyl (C=O) groups excluding carboxylic acids is 1. The van der Waals surface area contributed by atoms with E-state index in [1.165, 1.54) is 4.90 Å². The molecule has 1 saturated heterocycles. The molecule has 2 rings (SSSR count). The van der Waals surface area contributed by atoms with Crippen LogP contribution in [0.4, 0.5) is 0 Å². The van der Waals surface area contributed by atoms with E-state index < -0.39 is 11.9 Å². The average molecular weight is 308 g/mol. The number of carbonyl (C=O) groups is 2. The Morgan fingerprint density at radius 2 is 1.95 bits per heavy atom. The van der Waals surface area contributed by atoms with E-state index in [9.17, 15) is 14.7 Å². The van der Waals surface area contributed by atoms with Crippen LogP contribution in [0.15, 0.2) is 18.5 Å². The number of amides is 1. The Kier molecular flexibility index (Phi) is 5.79. The zero-order valence-corrected chi connectivity index (χ0v) is 12.3. The molecular weight excluding hydrogens is 288 g/mol. The molecule has 1 atom stereocenters. The van der Waals surface area contributed by atoms with Crippen LogP contribution < -0.4 is 0 Å². The van der Waals surface area contributed by atoms with E-state index in [1.54, 1.807) is 18.5 Å². The summed E-state index contributed by atoms with van der Waals surface area (Å²) in [5.74, 6) is -1.18. The summed E-state index contributed by atoms with van der Waals surface area (Å²) in [6.07, 6.45) is 3.31. The SMILES string of the molecule is O=C(O)C1CN(Cc2ncccn2)CCN(C(=O)CCO)C1. The van der Waals surface area contributed by atoms with Crippen LogP contribution in [0, 0.1) is 5.92 Å². The molecule has 0 spiro atoms. The maximum atomic E-state index is 11.9. The monoisotopic (exact) mass is 308 g/mol. The second kappa shape index (κ2) is 7.81. The van der Waals surface area contributed by atoms with Crippen molar-refractivity contribution in [3.05, 3.63) is 24.3 Å². The molecule has 1 unspecified atom stereocenters. The van der Waals surface area contributed by atoms with Crippen molar-refractivity contribution in [1.82, 2.24) is 19.8 Å². The van der Waals surface area contributed by atoms with Gasteiger partial charge in [-0.05, 0) is 6.07 Å². The predicted molar refractivity (Wildman–Crippen MR) is 76.7 cm³/mol. The number of aliphatic carboxylic acids is 1. The van der Waals surface area contributed by atoms with Gasteiger partial charge in [0.15, 0.2) is 0 Å². The van der Waals surface area contributed by atoms with Gasteiger partial charge < -0.3 is 15.1 Å². The van der Waals surface area contributed by atoms with Crippen molar-refractivity contribution in [1.29, 1.82) is 0 Å². The van der Waals surface area contributed by atoms with Gasteiger partial charge in [0.25, 0.3) is 0 Å². The lowest BCUT2D eigenvalue weighted by molar-refractivity contribution is -0.143. The first-order chi connectivity index (χ1) is 10.6. The molecule has 0 radical (unpaired) electrons. The van der Waals surface area contributed by atoms with Crippen molar-refractivity contribution in [3.63, 3.8) is 0 Å². The Bertz CT molecular complexity index is 511. The quantitative estimate of drug-likeness (QED) is 0.733. The highest BCUT2D eigenvalue weighted by atomic mass is 16.4. The van der Waals surface area contributed by atoms with Crippen LogP contribution in [0.2, 0.25) is 0 Å². The van der Waals surface area contributed by atoms with Crippen LogP contribution >= 0.6 is 0 Å². The maximum Gasteiger partial charge on any atom is 0.309 e. The average Bonchev–Trinajstić information content (AvgIpc) is 2.71. The van der Waals surface area contributed by atoms with Crippen LogP contribution in [0.1, 0.15) is 12.2 Å².